The molecule has 1 aromatic heterocycles. The van der Waals surface area contributed by atoms with Gasteiger partial charge in [0, 0.05) is 6.54 Å². The van der Waals surface area contributed by atoms with E-state index in [9.17, 15) is 9.59 Å². The quantitative estimate of drug-likeness (QED) is 0.586. The highest BCUT2D eigenvalue weighted by atomic mass is 16.6. The largest absolute Gasteiger partial charge is 0.476 e. The van der Waals surface area contributed by atoms with Gasteiger partial charge in [0.15, 0.2) is 5.69 Å². The Labute approximate surface area is 95.5 Å². The molecule has 2 heterocycles. The van der Waals surface area contributed by atoms with Crippen molar-refractivity contribution < 1.29 is 19.4 Å². The fourth-order valence-corrected chi connectivity index (χ4v) is 1.57. The number of nitrogens with two attached hydrogens (primary N) is 1. The van der Waals surface area contributed by atoms with Crippen LogP contribution >= 0.6 is 0 Å². The lowest BCUT2D eigenvalue weighted by Gasteiger charge is -2.09. The molecule has 4 N–H and O–H groups in total. The van der Waals surface area contributed by atoms with Crippen molar-refractivity contribution in [3.63, 3.8) is 0 Å². The Kier molecular flexibility index (Phi) is 2.91. The zero-order chi connectivity index (χ0) is 12.4. The Balaban J connectivity index is 2.15. The summed E-state index contributed by atoms with van der Waals surface area (Å²) in [5, 5.41) is 18.5. The monoisotopic (exact) mass is 241 g/mol. The molecule has 1 unspecified atom stereocenters. The number of hydrogen-bond donors (Lipinski definition) is 3. The lowest BCUT2D eigenvalue weighted by Crippen LogP contribution is -2.23. The summed E-state index contributed by atoms with van der Waals surface area (Å²) in [6.07, 6.45) is -0.890. The molecular formula is C8H11N5O4. The number of amides is 1. The lowest BCUT2D eigenvalue weighted by molar-refractivity contribution is 0.0688. The molecule has 0 spiro atoms. The minimum atomic E-state index is -1.18. The van der Waals surface area contributed by atoms with Gasteiger partial charge in [-0.25, -0.2) is 14.3 Å². The van der Waals surface area contributed by atoms with Crippen LogP contribution in [0.1, 0.15) is 16.2 Å². The summed E-state index contributed by atoms with van der Waals surface area (Å²) < 4.78 is 6.25. The van der Waals surface area contributed by atoms with E-state index in [-0.39, 0.29) is 18.8 Å². The van der Waals surface area contributed by atoms with Gasteiger partial charge in [-0.1, -0.05) is 5.21 Å². The van der Waals surface area contributed by atoms with Crippen molar-refractivity contribution in [2.75, 3.05) is 6.54 Å². The molecule has 0 aliphatic carbocycles. The second-order valence-corrected chi connectivity index (χ2v) is 3.48. The van der Waals surface area contributed by atoms with Crippen LogP contribution in [0.2, 0.25) is 0 Å². The molecule has 1 fully saturated rings. The number of carbonyl (C=O) groups excluding carboxylic acids is 1. The van der Waals surface area contributed by atoms with Crippen molar-refractivity contribution in [1.82, 2.24) is 20.3 Å². The summed E-state index contributed by atoms with van der Waals surface area (Å²) in [5.41, 5.74) is 5.58. The zero-order valence-corrected chi connectivity index (χ0v) is 8.79. The minimum absolute atomic E-state index is 0.00271. The van der Waals surface area contributed by atoms with Gasteiger partial charge in [0.1, 0.15) is 6.10 Å². The van der Waals surface area contributed by atoms with Crippen molar-refractivity contribution in [3.05, 3.63) is 11.4 Å². The van der Waals surface area contributed by atoms with Crippen molar-refractivity contribution in [3.8, 4) is 0 Å². The van der Waals surface area contributed by atoms with E-state index >= 15 is 0 Å². The second-order valence-electron chi connectivity index (χ2n) is 3.48. The average molecular weight is 241 g/mol. The number of aromatic carboxylic acids is 1. The molecule has 1 aliphatic rings. The standard InChI is InChI=1S/C8H11N5O4/c9-1-5-6(7(14)15)11-12-13(5)3-4-2-10-8(16)17-4/h4H,1-3,9H2,(H,10,16)(H,14,15). The molecule has 1 aliphatic heterocycles. The van der Waals surface area contributed by atoms with Crippen LogP contribution in [0.3, 0.4) is 0 Å². The molecule has 1 aromatic rings. The molecule has 1 atom stereocenters. The zero-order valence-electron chi connectivity index (χ0n) is 8.79. The smallest absolute Gasteiger partial charge is 0.407 e. The summed E-state index contributed by atoms with van der Waals surface area (Å²) in [6.45, 7) is 0.583. The number of cyclic esters (lactones) is 1. The van der Waals surface area contributed by atoms with Crippen LogP contribution in [-0.4, -0.2) is 44.8 Å². The molecule has 0 radical (unpaired) electrons. The number of nitrogens with zero attached hydrogens (tertiary/aromatic N) is 3. The summed E-state index contributed by atoms with van der Waals surface area (Å²) in [6, 6.07) is 0. The van der Waals surface area contributed by atoms with E-state index in [1.807, 2.05) is 0 Å². The molecule has 0 saturated carbocycles. The first-order valence-electron chi connectivity index (χ1n) is 4.92. The van der Waals surface area contributed by atoms with Gasteiger partial charge in [0.05, 0.1) is 18.8 Å². The molecule has 9 nitrogen and oxygen atoms in total. The maximum Gasteiger partial charge on any atom is 0.407 e. The Morgan fingerprint density at radius 1 is 1.71 bits per heavy atom. The first kappa shape index (κ1) is 11.3. The van der Waals surface area contributed by atoms with E-state index < -0.39 is 18.2 Å². The highest BCUT2D eigenvalue weighted by molar-refractivity contribution is 5.86. The first-order chi connectivity index (χ1) is 8.11. The number of nitrogens with one attached hydrogen (secondary N) is 1. The van der Waals surface area contributed by atoms with Crippen molar-refractivity contribution in [1.29, 1.82) is 0 Å². The number of carbonyl (C=O) groups is 2. The van der Waals surface area contributed by atoms with Gasteiger partial charge < -0.3 is 20.9 Å². The number of carboxylic acids is 1. The van der Waals surface area contributed by atoms with Crippen LogP contribution in [0.15, 0.2) is 0 Å². The molecular weight excluding hydrogens is 230 g/mol. The topological polar surface area (TPSA) is 132 Å². The van der Waals surface area contributed by atoms with E-state index in [0.717, 1.165) is 0 Å². The molecule has 1 amide bonds. The summed E-state index contributed by atoms with van der Waals surface area (Å²) in [4.78, 5) is 21.6. The molecule has 1 saturated heterocycles. The molecule has 17 heavy (non-hydrogen) atoms. The number of aromatic nitrogens is 3. The molecule has 0 aromatic carbocycles. The van der Waals surface area contributed by atoms with Gasteiger partial charge in [-0.3, -0.25) is 0 Å². The van der Waals surface area contributed by atoms with Crippen molar-refractivity contribution >= 4 is 12.1 Å². The maximum absolute atomic E-state index is 10.8. The summed E-state index contributed by atoms with van der Waals surface area (Å²) in [7, 11) is 0. The fourth-order valence-electron chi connectivity index (χ4n) is 1.57. The molecule has 0 bridgehead atoms. The Morgan fingerprint density at radius 3 is 3.00 bits per heavy atom. The molecule has 9 heteroatoms. The highest BCUT2D eigenvalue weighted by Gasteiger charge is 2.26. The van der Waals surface area contributed by atoms with E-state index in [4.69, 9.17) is 15.6 Å². The lowest BCUT2D eigenvalue weighted by atomic mass is 10.3. The van der Waals surface area contributed by atoms with Gasteiger partial charge in [0.2, 0.25) is 0 Å². The minimum Gasteiger partial charge on any atom is -0.476 e. The van der Waals surface area contributed by atoms with Gasteiger partial charge in [0.25, 0.3) is 0 Å². The summed E-state index contributed by atoms with van der Waals surface area (Å²) >= 11 is 0. The second kappa shape index (κ2) is 4.37. The van der Waals surface area contributed by atoms with Crippen LogP contribution in [0.25, 0.3) is 0 Å². The van der Waals surface area contributed by atoms with Crippen LogP contribution in [0.4, 0.5) is 4.79 Å². The van der Waals surface area contributed by atoms with Crippen LogP contribution < -0.4 is 11.1 Å². The van der Waals surface area contributed by atoms with Crippen molar-refractivity contribution in [2.24, 2.45) is 5.73 Å². The van der Waals surface area contributed by atoms with Crippen molar-refractivity contribution in [2.45, 2.75) is 19.2 Å². The Hall–Kier alpha value is -2.16. The fraction of sp³-hybridized carbons (Fsp3) is 0.500. The average Bonchev–Trinajstić information content (AvgIpc) is 2.85. The first-order valence-corrected chi connectivity index (χ1v) is 4.92. The SMILES string of the molecule is NCc1c(C(=O)O)nnn1CC1CNC(=O)O1. The van der Waals surface area contributed by atoms with Gasteiger partial charge >= 0.3 is 12.1 Å². The highest BCUT2D eigenvalue weighted by Crippen LogP contribution is 2.08. The third kappa shape index (κ3) is 2.18. The molecule has 92 valence electrons. The molecule has 2 rings (SSSR count). The third-order valence-electron chi connectivity index (χ3n) is 2.36. The van der Waals surface area contributed by atoms with Crippen LogP contribution in [-0.2, 0) is 17.8 Å². The predicted octanol–water partition coefficient (Wildman–Crippen LogP) is -1.46. The Morgan fingerprint density at radius 2 is 2.47 bits per heavy atom. The Bertz CT molecular complexity index is 457. The third-order valence-corrected chi connectivity index (χ3v) is 2.36. The number of carboxylic acid groups (broad SMARTS) is 1. The number of ether oxygens (including phenoxy) is 1. The number of hydrogen-bond acceptors (Lipinski definition) is 6. The van der Waals surface area contributed by atoms with Gasteiger partial charge in [-0.2, -0.15) is 0 Å². The normalized spacial score (nSPS) is 18.9. The number of alkyl carbamates (subject to hydrolysis) is 1. The maximum atomic E-state index is 10.8. The predicted molar refractivity (Wildman–Crippen MR) is 53.1 cm³/mol. The van der Waals surface area contributed by atoms with E-state index in [1.165, 1.54) is 4.68 Å². The van der Waals surface area contributed by atoms with E-state index in [2.05, 4.69) is 15.6 Å². The van der Waals surface area contributed by atoms with Crippen LogP contribution in [0.5, 0.6) is 0 Å². The van der Waals surface area contributed by atoms with E-state index in [0.29, 0.717) is 12.2 Å². The number of rotatable bonds is 4. The van der Waals surface area contributed by atoms with Gasteiger partial charge in [-0.15, -0.1) is 5.10 Å². The summed E-state index contributed by atoms with van der Waals surface area (Å²) in [5.74, 6) is -1.18. The van der Waals surface area contributed by atoms with E-state index in [1.54, 1.807) is 0 Å². The van der Waals surface area contributed by atoms with Gasteiger partial charge in [-0.05, 0) is 0 Å². The van der Waals surface area contributed by atoms with Crippen LogP contribution in [0, 0.1) is 0 Å².